The number of benzene rings is 1. The Morgan fingerprint density at radius 3 is 2.62 bits per heavy atom. The topological polar surface area (TPSA) is 29.1 Å². The van der Waals surface area contributed by atoms with Crippen LogP contribution in [0.5, 0.6) is 0 Å². The lowest BCUT2D eigenvalue weighted by atomic mass is 9.69. The van der Waals surface area contributed by atoms with Crippen LogP contribution >= 0.6 is 27.5 Å². The molecule has 0 spiro atoms. The maximum Gasteiger partial charge on any atom is 0.251 e. The maximum absolute atomic E-state index is 12.5. The minimum atomic E-state index is 0.00180. The van der Waals surface area contributed by atoms with Gasteiger partial charge in [0.25, 0.3) is 5.91 Å². The van der Waals surface area contributed by atoms with Crippen LogP contribution in [0.25, 0.3) is 0 Å². The number of hydrogen-bond donors (Lipinski definition) is 1. The summed E-state index contributed by atoms with van der Waals surface area (Å²) in [5.74, 6) is 0.728. The van der Waals surface area contributed by atoms with Crippen LogP contribution in [0, 0.1) is 16.7 Å². The van der Waals surface area contributed by atoms with Crippen LogP contribution in [0.2, 0.25) is 5.02 Å². The average Bonchev–Trinajstić information content (AvgIpc) is 2.75. The second kappa shape index (κ2) is 4.99. The van der Waals surface area contributed by atoms with Crippen molar-refractivity contribution in [1.82, 2.24) is 5.32 Å². The Kier molecular flexibility index (Phi) is 3.65. The first kappa shape index (κ1) is 15.4. The Morgan fingerprint density at radius 2 is 2.10 bits per heavy atom. The van der Waals surface area contributed by atoms with Gasteiger partial charge in [-0.05, 0) is 70.1 Å². The van der Waals surface area contributed by atoms with E-state index in [2.05, 4.69) is 42.0 Å². The van der Waals surface area contributed by atoms with Crippen LogP contribution in [0.15, 0.2) is 22.7 Å². The van der Waals surface area contributed by atoms with Crippen molar-refractivity contribution >= 4 is 33.4 Å². The summed E-state index contributed by atoms with van der Waals surface area (Å²) >= 11 is 9.36. The van der Waals surface area contributed by atoms with E-state index in [-0.39, 0.29) is 17.4 Å². The predicted molar refractivity (Wildman–Crippen MR) is 89.6 cm³/mol. The van der Waals surface area contributed by atoms with E-state index in [1.54, 1.807) is 18.2 Å². The lowest BCUT2D eigenvalue weighted by Gasteiger charge is -2.39. The summed E-state index contributed by atoms with van der Waals surface area (Å²) in [5, 5.41) is 3.89. The van der Waals surface area contributed by atoms with Crippen molar-refractivity contribution in [2.45, 2.75) is 46.1 Å². The molecule has 2 fully saturated rings. The highest BCUT2D eigenvalue weighted by molar-refractivity contribution is 9.10. The van der Waals surface area contributed by atoms with Crippen LogP contribution in [-0.4, -0.2) is 11.9 Å². The average molecular weight is 371 g/mol. The number of hydrogen-bond acceptors (Lipinski definition) is 1. The van der Waals surface area contributed by atoms with Gasteiger partial charge in [0.15, 0.2) is 0 Å². The number of rotatable bonds is 2. The molecule has 2 bridgehead atoms. The van der Waals surface area contributed by atoms with Gasteiger partial charge in [0.05, 0.1) is 5.02 Å². The fourth-order valence-corrected chi connectivity index (χ4v) is 4.80. The van der Waals surface area contributed by atoms with Crippen molar-refractivity contribution < 1.29 is 4.79 Å². The summed E-state index contributed by atoms with van der Waals surface area (Å²) in [6.07, 6.45) is 3.60. The van der Waals surface area contributed by atoms with Gasteiger partial charge in [-0.15, -0.1) is 0 Å². The molecule has 1 aromatic rings. The van der Waals surface area contributed by atoms with Crippen LogP contribution < -0.4 is 5.32 Å². The predicted octanol–water partition coefficient (Wildman–Crippen LogP) is 5.05. The molecule has 1 amide bonds. The zero-order valence-corrected chi connectivity index (χ0v) is 15.0. The van der Waals surface area contributed by atoms with E-state index >= 15 is 0 Å². The Hall–Kier alpha value is -0.540. The van der Waals surface area contributed by atoms with Crippen LogP contribution in [0.4, 0.5) is 0 Å². The van der Waals surface area contributed by atoms with E-state index in [0.717, 1.165) is 16.8 Å². The maximum atomic E-state index is 12.5. The second-order valence-electron chi connectivity index (χ2n) is 7.27. The van der Waals surface area contributed by atoms with Crippen molar-refractivity contribution in [3.8, 4) is 0 Å². The standard InChI is InChI=1S/C17H21BrClNO/c1-16(2)11-6-7-17(16,3)14(9-11)20-15(21)10-4-5-13(19)12(18)8-10/h4-5,8,11,14H,6-7,9H2,1-3H3,(H,20,21). The Balaban J connectivity index is 1.79. The van der Waals surface area contributed by atoms with Gasteiger partial charge in [-0.2, -0.15) is 0 Å². The first-order chi connectivity index (χ1) is 9.75. The molecule has 1 N–H and O–H groups in total. The smallest absolute Gasteiger partial charge is 0.251 e. The van der Waals surface area contributed by atoms with E-state index in [4.69, 9.17) is 11.6 Å². The largest absolute Gasteiger partial charge is 0.349 e. The molecule has 2 aliphatic rings. The number of halogens is 2. The number of amides is 1. The van der Waals surface area contributed by atoms with Crippen molar-refractivity contribution in [3.05, 3.63) is 33.3 Å². The van der Waals surface area contributed by atoms with Crippen molar-refractivity contribution in [1.29, 1.82) is 0 Å². The number of nitrogens with one attached hydrogen (secondary N) is 1. The van der Waals surface area contributed by atoms with E-state index < -0.39 is 0 Å². The minimum Gasteiger partial charge on any atom is -0.349 e. The third-order valence-corrected chi connectivity index (χ3v) is 7.50. The fourth-order valence-electron chi connectivity index (χ4n) is 4.30. The molecule has 0 heterocycles. The molecule has 3 unspecified atom stereocenters. The highest BCUT2D eigenvalue weighted by Gasteiger charge is 2.61. The van der Waals surface area contributed by atoms with Gasteiger partial charge in [0.2, 0.25) is 0 Å². The lowest BCUT2D eigenvalue weighted by molar-refractivity contribution is 0.0826. The number of fused-ring (bicyclic) bond motifs is 2. The van der Waals surface area contributed by atoms with Gasteiger partial charge < -0.3 is 5.32 Å². The lowest BCUT2D eigenvalue weighted by Crippen LogP contribution is -2.46. The molecule has 0 aromatic heterocycles. The highest BCUT2D eigenvalue weighted by Crippen LogP contribution is 2.65. The SMILES string of the molecule is CC1(C)C2CCC1(C)C(NC(=O)c1ccc(Cl)c(Br)c1)C2. The van der Waals surface area contributed by atoms with Gasteiger partial charge in [0.1, 0.15) is 0 Å². The third-order valence-electron chi connectivity index (χ3n) is 6.28. The summed E-state index contributed by atoms with van der Waals surface area (Å²) in [6.45, 7) is 7.05. The molecule has 0 saturated heterocycles. The minimum absolute atomic E-state index is 0.00180. The molecule has 3 rings (SSSR count). The molecule has 21 heavy (non-hydrogen) atoms. The molecule has 3 atom stereocenters. The molecule has 1 aromatic carbocycles. The number of carbonyl (C=O) groups is 1. The van der Waals surface area contributed by atoms with E-state index in [0.29, 0.717) is 16.0 Å². The van der Waals surface area contributed by atoms with Gasteiger partial charge in [0, 0.05) is 16.1 Å². The highest BCUT2D eigenvalue weighted by atomic mass is 79.9. The zero-order chi connectivity index (χ0) is 15.4. The summed E-state index contributed by atoms with van der Waals surface area (Å²) in [5.41, 5.74) is 1.18. The van der Waals surface area contributed by atoms with Crippen LogP contribution in [-0.2, 0) is 0 Å². The molecular formula is C17H21BrClNO. The van der Waals surface area contributed by atoms with Crippen molar-refractivity contribution in [2.75, 3.05) is 0 Å². The molecule has 2 nitrogen and oxygen atoms in total. The van der Waals surface area contributed by atoms with Crippen LogP contribution in [0.1, 0.15) is 50.4 Å². The Bertz CT molecular complexity index is 600. The van der Waals surface area contributed by atoms with Crippen LogP contribution in [0.3, 0.4) is 0 Å². The monoisotopic (exact) mass is 369 g/mol. The molecule has 0 aliphatic heterocycles. The van der Waals surface area contributed by atoms with E-state index in [1.165, 1.54) is 12.8 Å². The van der Waals surface area contributed by atoms with E-state index in [1.807, 2.05) is 0 Å². The van der Waals surface area contributed by atoms with Gasteiger partial charge >= 0.3 is 0 Å². The van der Waals surface area contributed by atoms with Gasteiger partial charge in [-0.3, -0.25) is 4.79 Å². The molecule has 2 aliphatic carbocycles. The van der Waals surface area contributed by atoms with Crippen molar-refractivity contribution in [3.63, 3.8) is 0 Å². The molecule has 2 saturated carbocycles. The normalized spacial score (nSPS) is 33.2. The summed E-state index contributed by atoms with van der Waals surface area (Å²) in [7, 11) is 0. The summed E-state index contributed by atoms with van der Waals surface area (Å²) in [6, 6.07) is 5.60. The number of carbonyl (C=O) groups excluding carboxylic acids is 1. The summed E-state index contributed by atoms with van der Waals surface area (Å²) < 4.78 is 0.760. The first-order valence-corrected chi connectivity index (χ1v) is 8.69. The third kappa shape index (κ3) is 2.24. The molecule has 0 radical (unpaired) electrons. The quantitative estimate of drug-likeness (QED) is 0.775. The van der Waals surface area contributed by atoms with E-state index in [9.17, 15) is 4.79 Å². The molecule has 4 heteroatoms. The zero-order valence-electron chi connectivity index (χ0n) is 12.7. The van der Waals surface area contributed by atoms with Gasteiger partial charge in [-0.1, -0.05) is 32.4 Å². The summed E-state index contributed by atoms with van der Waals surface area (Å²) in [4.78, 5) is 12.5. The molecular weight excluding hydrogens is 350 g/mol. The Labute approximate surface area is 139 Å². The first-order valence-electron chi connectivity index (χ1n) is 7.51. The second-order valence-corrected chi connectivity index (χ2v) is 8.53. The Morgan fingerprint density at radius 1 is 1.38 bits per heavy atom. The van der Waals surface area contributed by atoms with Gasteiger partial charge in [-0.25, -0.2) is 0 Å². The molecule has 114 valence electrons. The fraction of sp³-hybridized carbons (Fsp3) is 0.588. The van der Waals surface area contributed by atoms with Crippen molar-refractivity contribution in [2.24, 2.45) is 16.7 Å².